The minimum atomic E-state index is -0.887. The lowest BCUT2D eigenvalue weighted by Crippen LogP contribution is -2.32. The van der Waals surface area contributed by atoms with Gasteiger partial charge < -0.3 is 15.5 Å². The van der Waals surface area contributed by atoms with Crippen LogP contribution in [-0.2, 0) is 6.54 Å². The van der Waals surface area contributed by atoms with Crippen LogP contribution < -0.4 is 5.32 Å². The largest absolute Gasteiger partial charge is 0.396 e. The molecule has 0 aliphatic heterocycles. The maximum atomic E-state index is 12.8. The highest BCUT2D eigenvalue weighted by atomic mass is 19.2. The monoisotopic (exact) mass is 231 g/mol. The van der Waals surface area contributed by atoms with Crippen LogP contribution in [-0.4, -0.2) is 29.5 Å². The number of nitrogens with one attached hydrogen (secondary N) is 1. The molecule has 3 N–H and O–H groups in total. The van der Waals surface area contributed by atoms with Crippen molar-refractivity contribution in [3.05, 3.63) is 35.4 Å². The van der Waals surface area contributed by atoms with E-state index in [1.807, 2.05) is 0 Å². The first kappa shape index (κ1) is 13.0. The van der Waals surface area contributed by atoms with E-state index >= 15 is 0 Å². The third-order valence-electron chi connectivity index (χ3n) is 2.28. The summed E-state index contributed by atoms with van der Waals surface area (Å²) in [5.74, 6) is -1.76. The van der Waals surface area contributed by atoms with Gasteiger partial charge in [0.2, 0.25) is 0 Å². The molecule has 5 heteroatoms. The number of aliphatic hydroxyl groups excluding tert-OH is 2. The molecular formula is C11H15F2NO2. The van der Waals surface area contributed by atoms with Gasteiger partial charge in [-0.25, -0.2) is 8.78 Å². The first-order valence-electron chi connectivity index (χ1n) is 5.06. The Kier molecular flexibility index (Phi) is 5.31. The average molecular weight is 231 g/mol. The van der Waals surface area contributed by atoms with Crippen LogP contribution >= 0.6 is 0 Å². The zero-order valence-electron chi connectivity index (χ0n) is 8.79. The molecule has 0 saturated carbocycles. The van der Waals surface area contributed by atoms with Gasteiger partial charge in [0.25, 0.3) is 0 Å². The zero-order valence-corrected chi connectivity index (χ0v) is 8.79. The van der Waals surface area contributed by atoms with E-state index in [4.69, 9.17) is 10.2 Å². The summed E-state index contributed by atoms with van der Waals surface area (Å²) in [5, 5.41) is 20.5. The lowest BCUT2D eigenvalue weighted by atomic mass is 10.2. The fourth-order valence-corrected chi connectivity index (χ4v) is 1.33. The molecular weight excluding hydrogens is 216 g/mol. The topological polar surface area (TPSA) is 52.5 Å². The van der Waals surface area contributed by atoms with Gasteiger partial charge in [-0.2, -0.15) is 0 Å². The Balaban J connectivity index is 2.50. The van der Waals surface area contributed by atoms with E-state index in [0.29, 0.717) is 18.5 Å². The van der Waals surface area contributed by atoms with E-state index in [-0.39, 0.29) is 19.3 Å². The summed E-state index contributed by atoms with van der Waals surface area (Å²) >= 11 is 0. The summed E-state index contributed by atoms with van der Waals surface area (Å²) in [7, 11) is 0. The molecule has 1 rings (SSSR count). The van der Waals surface area contributed by atoms with Crippen LogP contribution in [0.3, 0.4) is 0 Å². The lowest BCUT2D eigenvalue weighted by molar-refractivity contribution is 0.200. The molecule has 0 fully saturated rings. The summed E-state index contributed by atoms with van der Waals surface area (Å²) in [6.45, 7) is 0.183. The van der Waals surface area contributed by atoms with Gasteiger partial charge in [0.05, 0.1) is 6.61 Å². The zero-order chi connectivity index (χ0) is 12.0. The maximum absolute atomic E-state index is 12.8. The van der Waals surface area contributed by atoms with Crippen LogP contribution in [0, 0.1) is 11.6 Å². The van der Waals surface area contributed by atoms with Gasteiger partial charge in [-0.3, -0.25) is 0 Å². The van der Waals surface area contributed by atoms with E-state index in [2.05, 4.69) is 5.32 Å². The highest BCUT2D eigenvalue weighted by Gasteiger charge is 2.07. The van der Waals surface area contributed by atoms with Gasteiger partial charge in [-0.15, -0.1) is 0 Å². The van der Waals surface area contributed by atoms with E-state index < -0.39 is 11.6 Å². The van der Waals surface area contributed by atoms with Crippen LogP contribution in [0.4, 0.5) is 8.78 Å². The van der Waals surface area contributed by atoms with Crippen LogP contribution in [0.2, 0.25) is 0 Å². The van der Waals surface area contributed by atoms with E-state index in [1.165, 1.54) is 6.07 Å². The molecule has 3 nitrogen and oxygen atoms in total. The van der Waals surface area contributed by atoms with Crippen molar-refractivity contribution in [1.29, 1.82) is 0 Å². The molecule has 0 spiro atoms. The average Bonchev–Trinajstić information content (AvgIpc) is 2.28. The molecule has 16 heavy (non-hydrogen) atoms. The molecule has 1 aromatic rings. The fraction of sp³-hybridized carbons (Fsp3) is 0.455. The van der Waals surface area contributed by atoms with Crippen molar-refractivity contribution in [3.63, 3.8) is 0 Å². The van der Waals surface area contributed by atoms with Gasteiger partial charge in [0.15, 0.2) is 11.6 Å². The van der Waals surface area contributed by atoms with E-state index in [9.17, 15) is 8.78 Å². The predicted molar refractivity (Wildman–Crippen MR) is 55.8 cm³/mol. The smallest absolute Gasteiger partial charge is 0.159 e. The van der Waals surface area contributed by atoms with Crippen molar-refractivity contribution in [2.45, 2.75) is 19.0 Å². The Labute approximate surface area is 92.7 Å². The molecule has 0 aromatic heterocycles. The second kappa shape index (κ2) is 6.52. The Bertz CT molecular complexity index is 334. The van der Waals surface area contributed by atoms with Crippen molar-refractivity contribution in [2.75, 3.05) is 13.2 Å². The minimum Gasteiger partial charge on any atom is -0.396 e. The number of hydrogen-bond acceptors (Lipinski definition) is 3. The standard InChI is InChI=1S/C11H15F2NO2/c12-10-2-1-8(5-11(10)13)6-14-9(7-16)3-4-15/h1-2,5,9,14-16H,3-4,6-7H2. The third kappa shape index (κ3) is 3.84. The fourth-order valence-electron chi connectivity index (χ4n) is 1.33. The Morgan fingerprint density at radius 3 is 2.50 bits per heavy atom. The van der Waals surface area contributed by atoms with Gasteiger partial charge in [-0.05, 0) is 24.1 Å². The number of benzene rings is 1. The van der Waals surface area contributed by atoms with Crippen molar-refractivity contribution >= 4 is 0 Å². The summed E-state index contributed by atoms with van der Waals surface area (Å²) in [6, 6.07) is 3.40. The van der Waals surface area contributed by atoms with Gasteiger partial charge in [0, 0.05) is 19.2 Å². The van der Waals surface area contributed by atoms with E-state index in [0.717, 1.165) is 12.1 Å². The minimum absolute atomic E-state index is 0.0317. The first-order valence-corrected chi connectivity index (χ1v) is 5.06. The number of halogens is 2. The number of aliphatic hydroxyl groups is 2. The molecule has 90 valence electrons. The summed E-state index contributed by atoms with van der Waals surface area (Å²) in [6.07, 6.45) is 0.417. The Morgan fingerprint density at radius 1 is 1.19 bits per heavy atom. The van der Waals surface area contributed by atoms with Gasteiger partial charge >= 0.3 is 0 Å². The molecule has 1 atom stereocenters. The Hall–Kier alpha value is -1.04. The van der Waals surface area contributed by atoms with Gasteiger partial charge in [-0.1, -0.05) is 6.07 Å². The summed E-state index contributed by atoms with van der Waals surface area (Å²) in [5.41, 5.74) is 0.593. The maximum Gasteiger partial charge on any atom is 0.159 e. The molecule has 0 heterocycles. The predicted octanol–water partition coefficient (Wildman–Crippen LogP) is 0.798. The second-order valence-electron chi connectivity index (χ2n) is 3.52. The Morgan fingerprint density at radius 2 is 1.94 bits per heavy atom. The second-order valence-corrected chi connectivity index (χ2v) is 3.52. The molecule has 0 bridgehead atoms. The van der Waals surface area contributed by atoms with Crippen molar-refractivity contribution < 1.29 is 19.0 Å². The molecule has 0 saturated heterocycles. The van der Waals surface area contributed by atoms with Crippen molar-refractivity contribution in [1.82, 2.24) is 5.32 Å². The normalized spacial score (nSPS) is 12.8. The quantitative estimate of drug-likeness (QED) is 0.678. The van der Waals surface area contributed by atoms with Gasteiger partial charge in [0.1, 0.15) is 0 Å². The molecule has 1 aromatic carbocycles. The SMILES string of the molecule is OCCC(CO)NCc1ccc(F)c(F)c1. The van der Waals surface area contributed by atoms with Crippen molar-refractivity contribution in [2.24, 2.45) is 0 Å². The van der Waals surface area contributed by atoms with Crippen LogP contribution in [0.25, 0.3) is 0 Å². The third-order valence-corrected chi connectivity index (χ3v) is 2.28. The highest BCUT2D eigenvalue weighted by Crippen LogP contribution is 2.08. The molecule has 0 amide bonds. The number of rotatable bonds is 6. The first-order chi connectivity index (χ1) is 7.67. The molecule has 0 radical (unpaired) electrons. The summed E-state index contributed by atoms with van der Waals surface area (Å²) < 4.78 is 25.5. The lowest BCUT2D eigenvalue weighted by Gasteiger charge is -2.14. The molecule has 1 unspecified atom stereocenters. The highest BCUT2D eigenvalue weighted by molar-refractivity contribution is 5.17. The molecule has 0 aliphatic rings. The van der Waals surface area contributed by atoms with E-state index in [1.54, 1.807) is 0 Å². The number of hydrogen-bond donors (Lipinski definition) is 3. The summed E-state index contributed by atoms with van der Waals surface area (Å²) in [4.78, 5) is 0. The van der Waals surface area contributed by atoms with Crippen LogP contribution in [0.15, 0.2) is 18.2 Å². The van der Waals surface area contributed by atoms with Crippen molar-refractivity contribution in [3.8, 4) is 0 Å². The molecule has 0 aliphatic carbocycles. The van der Waals surface area contributed by atoms with Crippen LogP contribution in [0.1, 0.15) is 12.0 Å². The van der Waals surface area contributed by atoms with Crippen LogP contribution in [0.5, 0.6) is 0 Å².